The van der Waals surface area contributed by atoms with E-state index in [1.807, 2.05) is 30.5 Å². The number of hydrogen-bond acceptors (Lipinski definition) is 2. The Morgan fingerprint density at radius 1 is 1.00 bits per heavy atom. The highest BCUT2D eigenvalue weighted by Gasteiger charge is 1.86. The summed E-state index contributed by atoms with van der Waals surface area (Å²) in [5.74, 6) is 0. The van der Waals surface area contributed by atoms with Crippen LogP contribution >= 0.6 is 0 Å². The third-order valence-electron chi connectivity index (χ3n) is 1.51. The first-order chi connectivity index (χ1) is 5.97. The summed E-state index contributed by atoms with van der Waals surface area (Å²) in [4.78, 5) is 4.18. The molecule has 0 unspecified atom stereocenters. The monoisotopic (exact) mass is 179 g/mol. The lowest BCUT2D eigenvalue weighted by Gasteiger charge is -1.91. The molecule has 0 radical (unpaired) electrons. The Bertz CT molecular complexity index is 284. The van der Waals surface area contributed by atoms with Crippen molar-refractivity contribution in [2.45, 2.75) is 0 Å². The van der Waals surface area contributed by atoms with Gasteiger partial charge in [-0.15, -0.1) is 0 Å². The normalized spacial score (nSPS) is 8.15. The molecular weight excluding hydrogens is 166 g/mol. The number of aromatic nitrogens is 1. The molecule has 3 N–H and O–H groups in total. The summed E-state index contributed by atoms with van der Waals surface area (Å²) in [6.07, 6.45) is 1.81. The molecule has 0 spiro atoms. The molecule has 0 bridgehead atoms. The van der Waals surface area contributed by atoms with Gasteiger partial charge in [-0.25, -0.2) is 0 Å². The second-order valence-electron chi connectivity index (χ2n) is 2.20. The topological polar surface area (TPSA) is 64.6 Å². The van der Waals surface area contributed by atoms with Crippen molar-refractivity contribution in [3.05, 3.63) is 42.6 Å². The second-order valence-corrected chi connectivity index (χ2v) is 2.20. The van der Waals surface area contributed by atoms with Crippen molar-refractivity contribution in [3.8, 4) is 0 Å². The fraction of sp³-hybridized carbons (Fsp3) is 0.100. The zero-order chi connectivity index (χ0) is 8.81. The lowest BCUT2D eigenvalue weighted by Crippen LogP contribution is -1.73. The molecule has 3 heteroatoms. The highest BCUT2D eigenvalue weighted by atomic mass is 16.2. The molecule has 0 saturated carbocycles. The van der Waals surface area contributed by atoms with E-state index in [1.165, 1.54) is 5.39 Å². The van der Waals surface area contributed by atoms with E-state index in [1.54, 1.807) is 0 Å². The van der Waals surface area contributed by atoms with Crippen LogP contribution in [0.5, 0.6) is 0 Å². The van der Waals surface area contributed by atoms with Gasteiger partial charge in [0.1, 0.15) is 0 Å². The summed E-state index contributed by atoms with van der Waals surface area (Å²) in [5.41, 5.74) is 1.06. The van der Waals surface area contributed by atoms with Crippen molar-refractivity contribution in [3.63, 3.8) is 0 Å². The molecule has 13 heavy (non-hydrogen) atoms. The Hall–Kier alpha value is -1.45. The molecule has 1 aromatic carbocycles. The van der Waals surface area contributed by atoms with Crippen LogP contribution in [0.4, 0.5) is 0 Å². The van der Waals surface area contributed by atoms with Gasteiger partial charge in [0.05, 0.1) is 5.52 Å². The Kier molecular flexibility index (Phi) is 5.43. The van der Waals surface area contributed by atoms with Crippen LogP contribution in [0.1, 0.15) is 0 Å². The molecule has 3 nitrogen and oxygen atoms in total. The number of nitrogens with zero attached hydrogens (tertiary/aromatic N) is 1. The van der Waals surface area contributed by atoms with Crippen LogP contribution in [0.3, 0.4) is 0 Å². The third-order valence-corrected chi connectivity index (χ3v) is 1.51. The Balaban J connectivity index is 0.000000451. The van der Waals surface area contributed by atoms with Crippen molar-refractivity contribution >= 4 is 10.9 Å². The lowest BCUT2D eigenvalue weighted by atomic mass is 10.2. The van der Waals surface area contributed by atoms with E-state index in [-0.39, 0.29) is 5.48 Å². The number of fused-ring (bicyclic) bond motifs is 1. The first-order valence-electron chi connectivity index (χ1n) is 3.71. The number of rotatable bonds is 0. The Morgan fingerprint density at radius 2 is 1.62 bits per heavy atom. The maximum Gasteiger partial charge on any atom is 0.0701 e. The van der Waals surface area contributed by atoms with E-state index in [0.29, 0.717) is 0 Å². The average Bonchev–Trinajstić information content (AvgIpc) is 2.21. The fourth-order valence-electron chi connectivity index (χ4n) is 1.02. The summed E-state index contributed by atoms with van der Waals surface area (Å²) in [7, 11) is 1.00. The van der Waals surface area contributed by atoms with Crippen LogP contribution in [0.15, 0.2) is 42.6 Å². The smallest absolute Gasteiger partial charge is 0.0701 e. The molecule has 70 valence electrons. The van der Waals surface area contributed by atoms with Gasteiger partial charge >= 0.3 is 0 Å². The molecule has 0 aliphatic rings. The van der Waals surface area contributed by atoms with Crippen molar-refractivity contribution in [1.82, 2.24) is 4.98 Å². The third kappa shape index (κ3) is 2.82. The van der Waals surface area contributed by atoms with E-state index in [4.69, 9.17) is 5.11 Å². The molecule has 1 aromatic heterocycles. The standard InChI is InChI=1S/C9H7N.CH4O.H2O/c1-2-6-9-8(4-1)5-3-7-10-9;1-2;/h1-7H;2H,1H3;1H2. The first kappa shape index (κ1) is 11.6. The molecule has 0 saturated heterocycles. The molecule has 0 amide bonds. The van der Waals surface area contributed by atoms with E-state index in [0.717, 1.165) is 12.6 Å². The van der Waals surface area contributed by atoms with Gasteiger partial charge in [0.25, 0.3) is 0 Å². The average molecular weight is 179 g/mol. The van der Waals surface area contributed by atoms with Gasteiger partial charge in [-0.2, -0.15) is 0 Å². The van der Waals surface area contributed by atoms with Gasteiger partial charge in [-0.05, 0) is 12.1 Å². The summed E-state index contributed by atoms with van der Waals surface area (Å²) < 4.78 is 0. The van der Waals surface area contributed by atoms with E-state index in [2.05, 4.69) is 17.1 Å². The second kappa shape index (κ2) is 6.11. The van der Waals surface area contributed by atoms with Gasteiger partial charge in [-0.1, -0.05) is 24.3 Å². The Morgan fingerprint density at radius 3 is 2.31 bits per heavy atom. The SMILES string of the molecule is CO.O.c1ccc2ncccc2c1. The fourth-order valence-corrected chi connectivity index (χ4v) is 1.02. The van der Waals surface area contributed by atoms with Gasteiger partial charge in [-0.3, -0.25) is 4.98 Å². The van der Waals surface area contributed by atoms with Gasteiger partial charge in [0, 0.05) is 18.7 Å². The molecule has 0 aliphatic heterocycles. The van der Waals surface area contributed by atoms with Crippen molar-refractivity contribution in [2.24, 2.45) is 0 Å². The number of pyridine rings is 1. The number of para-hydroxylation sites is 1. The Labute approximate surface area is 77.0 Å². The largest absolute Gasteiger partial charge is 0.412 e. The van der Waals surface area contributed by atoms with Crippen LogP contribution in [0, 0.1) is 0 Å². The number of aliphatic hydroxyl groups excluding tert-OH is 1. The molecule has 1 heterocycles. The molecular formula is C10H13NO2. The van der Waals surface area contributed by atoms with E-state index >= 15 is 0 Å². The summed E-state index contributed by atoms with van der Waals surface area (Å²) in [5, 5.41) is 8.20. The molecule has 2 aromatic rings. The van der Waals surface area contributed by atoms with E-state index < -0.39 is 0 Å². The van der Waals surface area contributed by atoms with Crippen LogP contribution in [0.2, 0.25) is 0 Å². The van der Waals surface area contributed by atoms with Gasteiger partial charge < -0.3 is 10.6 Å². The van der Waals surface area contributed by atoms with Crippen LogP contribution in [0.25, 0.3) is 10.9 Å². The predicted octanol–water partition coefficient (Wildman–Crippen LogP) is 1.02. The number of hydrogen-bond donors (Lipinski definition) is 1. The molecule has 0 aliphatic carbocycles. The summed E-state index contributed by atoms with van der Waals surface area (Å²) in [6.45, 7) is 0. The van der Waals surface area contributed by atoms with E-state index in [9.17, 15) is 0 Å². The van der Waals surface area contributed by atoms with Gasteiger partial charge in [0.15, 0.2) is 0 Å². The quantitative estimate of drug-likeness (QED) is 0.656. The van der Waals surface area contributed by atoms with Crippen molar-refractivity contribution in [1.29, 1.82) is 0 Å². The highest BCUT2D eigenvalue weighted by molar-refractivity contribution is 5.77. The first-order valence-corrected chi connectivity index (χ1v) is 3.71. The zero-order valence-corrected chi connectivity index (χ0v) is 7.44. The predicted molar refractivity (Wildman–Crippen MR) is 53.5 cm³/mol. The minimum Gasteiger partial charge on any atom is -0.412 e. The minimum atomic E-state index is 0. The minimum absolute atomic E-state index is 0. The molecule has 0 fully saturated rings. The zero-order valence-electron chi connectivity index (χ0n) is 7.44. The van der Waals surface area contributed by atoms with Gasteiger partial charge in [0.2, 0.25) is 0 Å². The number of aliphatic hydroxyl groups is 1. The van der Waals surface area contributed by atoms with Crippen LogP contribution in [-0.2, 0) is 0 Å². The number of benzene rings is 1. The maximum atomic E-state index is 7.00. The maximum absolute atomic E-state index is 7.00. The highest BCUT2D eigenvalue weighted by Crippen LogP contribution is 2.07. The van der Waals surface area contributed by atoms with Crippen LogP contribution < -0.4 is 0 Å². The molecule has 2 rings (SSSR count). The summed E-state index contributed by atoms with van der Waals surface area (Å²) in [6, 6.07) is 12.1. The van der Waals surface area contributed by atoms with Crippen LogP contribution in [-0.4, -0.2) is 22.7 Å². The summed E-state index contributed by atoms with van der Waals surface area (Å²) >= 11 is 0. The lowest BCUT2D eigenvalue weighted by molar-refractivity contribution is 0.399. The van der Waals surface area contributed by atoms with Crippen molar-refractivity contribution in [2.75, 3.05) is 7.11 Å². The van der Waals surface area contributed by atoms with Crippen molar-refractivity contribution < 1.29 is 10.6 Å². The molecule has 0 atom stereocenters.